The lowest BCUT2D eigenvalue weighted by atomic mass is 10.0. The lowest BCUT2D eigenvalue weighted by molar-refractivity contribution is 0.0164. The van der Waals surface area contributed by atoms with E-state index in [9.17, 15) is 14.0 Å². The third-order valence-corrected chi connectivity index (χ3v) is 5.61. The molecule has 34 heavy (non-hydrogen) atoms. The number of aromatic nitrogens is 1. The lowest BCUT2D eigenvalue weighted by Gasteiger charge is -2.33. The van der Waals surface area contributed by atoms with Gasteiger partial charge in [-0.05, 0) is 57.6 Å². The summed E-state index contributed by atoms with van der Waals surface area (Å²) < 4.78 is 19.3. The Kier molecular flexibility index (Phi) is 8.23. The molecular formula is C26H29ClFN3O3. The molecule has 1 aliphatic heterocycles. The average molecular weight is 486 g/mol. The molecule has 0 N–H and O–H groups in total. The van der Waals surface area contributed by atoms with Crippen LogP contribution in [0.1, 0.15) is 31.1 Å². The minimum Gasteiger partial charge on any atom is -0.444 e. The minimum absolute atomic E-state index is 0.189. The number of piperazine rings is 1. The van der Waals surface area contributed by atoms with Crippen LogP contribution in [0.25, 0.3) is 22.0 Å². The number of pyridine rings is 1. The zero-order valence-electron chi connectivity index (χ0n) is 19.8. The first-order valence-electron chi connectivity index (χ1n) is 11.0. The first-order valence-corrected chi connectivity index (χ1v) is 11.4. The lowest BCUT2D eigenvalue weighted by Crippen LogP contribution is -2.48. The van der Waals surface area contributed by atoms with Crippen molar-refractivity contribution >= 4 is 34.9 Å². The maximum absolute atomic E-state index is 14.0. The monoisotopic (exact) mass is 485 g/mol. The summed E-state index contributed by atoms with van der Waals surface area (Å²) in [7, 11) is 2.06. The van der Waals surface area contributed by atoms with E-state index in [0.717, 1.165) is 37.1 Å². The van der Waals surface area contributed by atoms with Gasteiger partial charge in [-0.1, -0.05) is 29.8 Å². The van der Waals surface area contributed by atoms with Crippen molar-refractivity contribution in [2.24, 2.45) is 0 Å². The highest BCUT2D eigenvalue weighted by Gasteiger charge is 2.24. The molecule has 1 aliphatic rings. The number of fused-ring (bicyclic) bond motifs is 1. The van der Waals surface area contributed by atoms with Crippen LogP contribution in [0.4, 0.5) is 9.18 Å². The van der Waals surface area contributed by atoms with E-state index in [1.165, 1.54) is 6.07 Å². The first kappa shape index (κ1) is 25.6. The van der Waals surface area contributed by atoms with Gasteiger partial charge in [-0.25, -0.2) is 9.18 Å². The molecule has 0 saturated carbocycles. The minimum atomic E-state index is -0.436. The highest BCUT2D eigenvalue weighted by molar-refractivity contribution is 6.35. The maximum atomic E-state index is 14.0. The Bertz CT molecular complexity index is 1170. The number of nitrogens with zero attached hydrogens (tertiary/aromatic N) is 3. The van der Waals surface area contributed by atoms with Gasteiger partial charge in [0.2, 0.25) is 0 Å². The van der Waals surface area contributed by atoms with Crippen molar-refractivity contribution in [1.29, 1.82) is 0 Å². The predicted octanol–water partition coefficient (Wildman–Crippen LogP) is 5.68. The Labute approximate surface area is 204 Å². The summed E-state index contributed by atoms with van der Waals surface area (Å²) in [6.45, 7) is 9.07. The molecule has 180 valence electrons. The summed E-state index contributed by atoms with van der Waals surface area (Å²) in [6, 6.07) is 11.5. The number of halogens is 2. The van der Waals surface area contributed by atoms with E-state index in [1.54, 1.807) is 47.5 Å². The van der Waals surface area contributed by atoms with Crippen molar-refractivity contribution in [3.8, 4) is 11.1 Å². The van der Waals surface area contributed by atoms with E-state index in [-0.39, 0.29) is 11.7 Å². The van der Waals surface area contributed by atoms with Gasteiger partial charge >= 0.3 is 6.09 Å². The number of ether oxygens (including phenoxy) is 1. The van der Waals surface area contributed by atoms with Crippen molar-refractivity contribution in [3.05, 3.63) is 65.1 Å². The molecule has 0 bridgehead atoms. The fourth-order valence-corrected chi connectivity index (χ4v) is 3.64. The largest absolute Gasteiger partial charge is 0.444 e. The maximum Gasteiger partial charge on any atom is 0.410 e. The third-order valence-electron chi connectivity index (χ3n) is 5.28. The Morgan fingerprint density at radius 1 is 1.09 bits per heavy atom. The highest BCUT2D eigenvalue weighted by Crippen LogP contribution is 2.29. The number of benzene rings is 2. The Balaban J connectivity index is 0.000000204. The number of hydrogen-bond acceptors (Lipinski definition) is 5. The number of amides is 1. The van der Waals surface area contributed by atoms with Crippen molar-refractivity contribution in [1.82, 2.24) is 14.8 Å². The molecular weight excluding hydrogens is 457 g/mol. The van der Waals surface area contributed by atoms with Crippen LogP contribution in [-0.2, 0) is 4.74 Å². The van der Waals surface area contributed by atoms with Gasteiger partial charge in [-0.2, -0.15) is 0 Å². The summed E-state index contributed by atoms with van der Waals surface area (Å²) >= 11 is 6.12. The topological polar surface area (TPSA) is 62.7 Å². The molecule has 1 saturated heterocycles. The summed E-state index contributed by atoms with van der Waals surface area (Å²) in [4.78, 5) is 30.4. The van der Waals surface area contributed by atoms with Crippen molar-refractivity contribution < 1.29 is 18.7 Å². The summed E-state index contributed by atoms with van der Waals surface area (Å²) in [5.74, 6) is -0.436. The second kappa shape index (κ2) is 10.9. The van der Waals surface area contributed by atoms with Gasteiger partial charge in [0.25, 0.3) is 0 Å². The zero-order chi connectivity index (χ0) is 24.9. The molecule has 6 nitrogen and oxygen atoms in total. The van der Waals surface area contributed by atoms with Crippen LogP contribution in [0, 0.1) is 5.82 Å². The van der Waals surface area contributed by atoms with E-state index in [1.807, 2.05) is 20.8 Å². The van der Waals surface area contributed by atoms with Crippen LogP contribution in [0.3, 0.4) is 0 Å². The SMILES string of the molecule is CN1CCN(C(=O)OC(C)(C)C)CC1.O=Cc1ccc(-c2ccc3nccc(Cl)c3c2)c(F)c1. The summed E-state index contributed by atoms with van der Waals surface area (Å²) in [6.07, 6.45) is 2.06. The molecule has 4 rings (SSSR count). The second-order valence-electron chi connectivity index (χ2n) is 9.15. The van der Waals surface area contributed by atoms with Crippen LogP contribution >= 0.6 is 11.6 Å². The van der Waals surface area contributed by atoms with Crippen molar-refractivity contribution in [2.75, 3.05) is 33.2 Å². The van der Waals surface area contributed by atoms with Gasteiger partial charge < -0.3 is 14.5 Å². The van der Waals surface area contributed by atoms with Gasteiger partial charge in [0.15, 0.2) is 0 Å². The van der Waals surface area contributed by atoms with Crippen LogP contribution in [0.2, 0.25) is 5.02 Å². The molecule has 3 aromatic rings. The molecule has 8 heteroatoms. The average Bonchev–Trinajstić information content (AvgIpc) is 2.79. The van der Waals surface area contributed by atoms with Crippen molar-refractivity contribution in [2.45, 2.75) is 26.4 Å². The Morgan fingerprint density at radius 3 is 2.41 bits per heavy atom. The van der Waals surface area contributed by atoms with Crippen LogP contribution in [-0.4, -0.2) is 66.0 Å². The molecule has 1 fully saturated rings. The number of hydrogen-bond donors (Lipinski definition) is 0. The number of rotatable bonds is 2. The fraction of sp³-hybridized carbons (Fsp3) is 0.346. The quantitative estimate of drug-likeness (QED) is 0.437. The molecule has 0 spiro atoms. The number of likely N-dealkylation sites (N-methyl/N-ethyl adjacent to an activating group) is 1. The highest BCUT2D eigenvalue weighted by atomic mass is 35.5. The number of carbonyl (C=O) groups excluding carboxylic acids is 2. The Hall–Kier alpha value is -3.03. The molecule has 0 unspecified atom stereocenters. The fourth-order valence-electron chi connectivity index (χ4n) is 3.43. The van der Waals surface area contributed by atoms with E-state index >= 15 is 0 Å². The van der Waals surface area contributed by atoms with E-state index in [2.05, 4.69) is 16.9 Å². The number of carbonyl (C=O) groups is 2. The molecule has 0 radical (unpaired) electrons. The molecule has 0 aliphatic carbocycles. The predicted molar refractivity (Wildman–Crippen MR) is 133 cm³/mol. The van der Waals surface area contributed by atoms with Crippen LogP contribution in [0.5, 0.6) is 0 Å². The van der Waals surface area contributed by atoms with E-state index < -0.39 is 5.82 Å². The van der Waals surface area contributed by atoms with Crippen molar-refractivity contribution in [3.63, 3.8) is 0 Å². The van der Waals surface area contributed by atoms with Gasteiger partial charge in [-0.3, -0.25) is 9.78 Å². The molecule has 0 atom stereocenters. The molecule has 1 aromatic heterocycles. The molecule has 2 heterocycles. The normalized spacial score (nSPS) is 14.4. The van der Waals surface area contributed by atoms with E-state index in [0.29, 0.717) is 28.0 Å². The summed E-state index contributed by atoms with van der Waals surface area (Å²) in [5.41, 5.74) is 1.80. The van der Waals surface area contributed by atoms with Gasteiger partial charge in [0.1, 0.15) is 17.7 Å². The second-order valence-corrected chi connectivity index (χ2v) is 9.56. The first-order chi connectivity index (χ1) is 16.1. The summed E-state index contributed by atoms with van der Waals surface area (Å²) in [5, 5.41) is 1.34. The zero-order valence-corrected chi connectivity index (χ0v) is 20.6. The smallest absolute Gasteiger partial charge is 0.410 e. The van der Waals surface area contributed by atoms with E-state index in [4.69, 9.17) is 16.3 Å². The van der Waals surface area contributed by atoms with Gasteiger partial charge in [0.05, 0.1) is 10.5 Å². The van der Waals surface area contributed by atoms with Gasteiger partial charge in [0, 0.05) is 48.9 Å². The third kappa shape index (κ3) is 6.74. The molecule has 2 aromatic carbocycles. The van der Waals surface area contributed by atoms with Gasteiger partial charge in [-0.15, -0.1) is 0 Å². The molecule has 1 amide bonds. The Morgan fingerprint density at radius 2 is 1.79 bits per heavy atom. The van der Waals surface area contributed by atoms with Crippen LogP contribution < -0.4 is 0 Å². The standard InChI is InChI=1S/C16H9ClFNO.C10H20N2O2/c17-14-5-6-19-16-4-2-11(8-13(14)16)12-3-1-10(9-20)7-15(12)18;1-10(2,3)14-9(13)12-7-5-11(4)6-8-12/h1-9H;5-8H2,1-4H3. The number of aldehydes is 1. The van der Waals surface area contributed by atoms with Crippen LogP contribution in [0.15, 0.2) is 48.7 Å².